The third-order valence-electron chi connectivity index (χ3n) is 2.43. The maximum absolute atomic E-state index is 13.2. The van der Waals surface area contributed by atoms with Gasteiger partial charge in [-0.05, 0) is 34.1 Å². The van der Waals surface area contributed by atoms with Crippen LogP contribution in [0.5, 0.6) is 0 Å². The zero-order valence-corrected chi connectivity index (χ0v) is 12.2. The molecule has 0 atom stereocenters. The normalized spacial score (nSPS) is 11.3. The van der Waals surface area contributed by atoms with E-state index in [1.807, 2.05) is 0 Å². The number of nitrogens with one attached hydrogen (secondary N) is 2. The second-order valence-corrected chi connectivity index (χ2v) is 4.81. The lowest BCUT2D eigenvalue weighted by molar-refractivity contribution is -0.141. The van der Waals surface area contributed by atoms with Gasteiger partial charge in [0.25, 0.3) is 0 Å². The molecular formula is C12H9BrF4N4. The molecule has 0 aliphatic heterocycles. The molecule has 4 nitrogen and oxygen atoms in total. The van der Waals surface area contributed by atoms with Crippen molar-refractivity contribution in [3.05, 3.63) is 40.2 Å². The van der Waals surface area contributed by atoms with E-state index in [9.17, 15) is 17.6 Å². The highest BCUT2D eigenvalue weighted by atomic mass is 79.9. The summed E-state index contributed by atoms with van der Waals surface area (Å²) in [5.74, 6) is -0.826. The molecule has 1 aromatic carbocycles. The summed E-state index contributed by atoms with van der Waals surface area (Å²) < 4.78 is 51.9. The lowest BCUT2D eigenvalue weighted by Gasteiger charge is -2.12. The maximum Gasteiger partial charge on any atom is 0.433 e. The molecule has 0 radical (unpaired) electrons. The molecule has 112 valence electrons. The molecule has 0 aliphatic carbocycles. The molecule has 0 amide bonds. The average molecular weight is 365 g/mol. The zero-order valence-electron chi connectivity index (χ0n) is 10.6. The Morgan fingerprint density at radius 3 is 2.48 bits per heavy atom. The highest BCUT2D eigenvalue weighted by Gasteiger charge is 2.33. The molecule has 0 bridgehead atoms. The van der Waals surface area contributed by atoms with Crippen molar-refractivity contribution >= 4 is 33.4 Å². The van der Waals surface area contributed by atoms with Gasteiger partial charge in [0.2, 0.25) is 5.95 Å². The number of nitrogens with zero attached hydrogens (tertiary/aromatic N) is 2. The van der Waals surface area contributed by atoms with Crippen molar-refractivity contribution in [1.29, 1.82) is 0 Å². The van der Waals surface area contributed by atoms with Crippen LogP contribution in [0.2, 0.25) is 0 Å². The summed E-state index contributed by atoms with van der Waals surface area (Å²) in [5, 5.41) is 5.07. The quantitative estimate of drug-likeness (QED) is 0.802. The van der Waals surface area contributed by atoms with Gasteiger partial charge in [0.05, 0.1) is 5.69 Å². The largest absolute Gasteiger partial charge is 0.433 e. The van der Waals surface area contributed by atoms with E-state index in [4.69, 9.17) is 0 Å². The van der Waals surface area contributed by atoms with E-state index in [0.717, 1.165) is 12.1 Å². The number of hydrogen-bond acceptors (Lipinski definition) is 4. The molecular weight excluding hydrogens is 356 g/mol. The minimum atomic E-state index is -4.61. The molecule has 0 unspecified atom stereocenters. The number of alkyl halides is 3. The van der Waals surface area contributed by atoms with Crippen LogP contribution >= 0.6 is 15.9 Å². The summed E-state index contributed by atoms with van der Waals surface area (Å²) in [6.45, 7) is 0. The van der Waals surface area contributed by atoms with Gasteiger partial charge in [-0.1, -0.05) is 0 Å². The fourth-order valence-corrected chi connectivity index (χ4v) is 1.85. The van der Waals surface area contributed by atoms with Gasteiger partial charge < -0.3 is 10.6 Å². The predicted octanol–water partition coefficient (Wildman–Crippen LogP) is 4.18. The zero-order chi connectivity index (χ0) is 15.6. The smallest absolute Gasteiger partial charge is 0.357 e. The Kier molecular flexibility index (Phi) is 4.31. The molecule has 0 saturated heterocycles. The molecule has 0 fully saturated rings. The van der Waals surface area contributed by atoms with Gasteiger partial charge >= 0.3 is 6.18 Å². The average Bonchev–Trinajstić information content (AvgIpc) is 2.41. The summed E-state index contributed by atoms with van der Waals surface area (Å²) in [6.07, 6.45) is -4.61. The first kappa shape index (κ1) is 15.5. The number of anilines is 3. The van der Waals surface area contributed by atoms with Crippen LogP contribution in [-0.4, -0.2) is 17.0 Å². The van der Waals surface area contributed by atoms with Crippen molar-refractivity contribution in [3.8, 4) is 0 Å². The summed E-state index contributed by atoms with van der Waals surface area (Å²) in [5.41, 5.74) is -0.847. The first-order valence-corrected chi connectivity index (χ1v) is 6.45. The molecule has 0 spiro atoms. The second kappa shape index (κ2) is 5.84. The summed E-state index contributed by atoms with van der Waals surface area (Å²) >= 11 is 3.17. The Hall–Kier alpha value is -1.90. The van der Waals surface area contributed by atoms with Gasteiger partial charge in [-0.3, -0.25) is 0 Å². The number of rotatable bonds is 3. The van der Waals surface area contributed by atoms with Gasteiger partial charge in [-0.15, -0.1) is 0 Å². The number of benzene rings is 1. The van der Waals surface area contributed by atoms with E-state index in [0.29, 0.717) is 4.47 Å². The van der Waals surface area contributed by atoms with Crippen LogP contribution in [0.25, 0.3) is 0 Å². The Labute approximate surface area is 125 Å². The highest BCUT2D eigenvalue weighted by molar-refractivity contribution is 9.10. The maximum atomic E-state index is 13.2. The monoisotopic (exact) mass is 364 g/mol. The van der Waals surface area contributed by atoms with Gasteiger partial charge in [0.1, 0.15) is 11.6 Å². The summed E-state index contributed by atoms with van der Waals surface area (Å²) in [4.78, 5) is 7.19. The van der Waals surface area contributed by atoms with E-state index >= 15 is 0 Å². The summed E-state index contributed by atoms with van der Waals surface area (Å²) in [7, 11) is 1.40. The van der Waals surface area contributed by atoms with Crippen molar-refractivity contribution in [1.82, 2.24) is 9.97 Å². The van der Waals surface area contributed by atoms with E-state index in [-0.39, 0.29) is 17.5 Å². The molecule has 0 aliphatic rings. The molecule has 2 rings (SSSR count). The lowest BCUT2D eigenvalue weighted by atomic mass is 10.3. The molecule has 1 heterocycles. The third-order valence-corrected chi connectivity index (χ3v) is 3.12. The van der Waals surface area contributed by atoms with E-state index in [1.54, 1.807) is 0 Å². The number of aromatic nitrogens is 2. The van der Waals surface area contributed by atoms with Gasteiger partial charge in [0.15, 0.2) is 5.69 Å². The Morgan fingerprint density at radius 1 is 1.14 bits per heavy atom. The molecule has 2 aromatic rings. The van der Waals surface area contributed by atoms with Gasteiger partial charge in [0, 0.05) is 17.6 Å². The molecule has 21 heavy (non-hydrogen) atoms. The minimum absolute atomic E-state index is 0.104. The van der Waals surface area contributed by atoms with Crippen molar-refractivity contribution in [2.75, 3.05) is 17.7 Å². The van der Waals surface area contributed by atoms with Crippen LogP contribution < -0.4 is 10.6 Å². The Bertz CT molecular complexity index is 660. The van der Waals surface area contributed by atoms with Crippen LogP contribution in [0.3, 0.4) is 0 Å². The van der Waals surface area contributed by atoms with E-state index < -0.39 is 17.7 Å². The molecule has 1 aromatic heterocycles. The van der Waals surface area contributed by atoms with Crippen LogP contribution in [-0.2, 0) is 6.18 Å². The van der Waals surface area contributed by atoms with Gasteiger partial charge in [-0.2, -0.15) is 18.2 Å². The van der Waals surface area contributed by atoms with Gasteiger partial charge in [-0.25, -0.2) is 9.37 Å². The fraction of sp³-hybridized carbons (Fsp3) is 0.167. The first-order chi connectivity index (χ1) is 9.79. The van der Waals surface area contributed by atoms with Crippen molar-refractivity contribution in [2.24, 2.45) is 0 Å². The second-order valence-electron chi connectivity index (χ2n) is 3.96. The molecule has 2 N–H and O–H groups in total. The minimum Gasteiger partial charge on any atom is -0.357 e. The Balaban J connectivity index is 2.42. The fourth-order valence-electron chi connectivity index (χ4n) is 1.50. The predicted molar refractivity (Wildman–Crippen MR) is 74.0 cm³/mol. The van der Waals surface area contributed by atoms with Crippen LogP contribution in [0.1, 0.15) is 5.69 Å². The molecule has 9 heteroatoms. The standard InChI is InChI=1S/C12H9BrF4N4/c1-18-11-20-9(12(15,16)17)5-10(21-11)19-8-4-6(14)2-3-7(8)13/h2-5H,1H3,(H2,18,19,20,21). The summed E-state index contributed by atoms with van der Waals surface area (Å²) in [6, 6.07) is 4.54. The third kappa shape index (κ3) is 3.81. The van der Waals surface area contributed by atoms with Crippen molar-refractivity contribution in [3.63, 3.8) is 0 Å². The van der Waals surface area contributed by atoms with Crippen molar-refractivity contribution in [2.45, 2.75) is 6.18 Å². The van der Waals surface area contributed by atoms with E-state index in [1.165, 1.54) is 19.2 Å². The van der Waals surface area contributed by atoms with Crippen LogP contribution in [0.15, 0.2) is 28.7 Å². The van der Waals surface area contributed by atoms with Crippen LogP contribution in [0, 0.1) is 5.82 Å². The molecule has 0 saturated carbocycles. The number of hydrogen-bond donors (Lipinski definition) is 2. The van der Waals surface area contributed by atoms with Crippen molar-refractivity contribution < 1.29 is 17.6 Å². The highest BCUT2D eigenvalue weighted by Crippen LogP contribution is 2.31. The number of halogens is 5. The SMILES string of the molecule is CNc1nc(Nc2cc(F)ccc2Br)cc(C(F)(F)F)n1. The lowest BCUT2D eigenvalue weighted by Crippen LogP contribution is -2.12. The van der Waals surface area contributed by atoms with Crippen LogP contribution in [0.4, 0.5) is 35.0 Å². The van der Waals surface area contributed by atoms with E-state index in [2.05, 4.69) is 36.5 Å². The first-order valence-electron chi connectivity index (χ1n) is 5.65. The topological polar surface area (TPSA) is 49.8 Å². The Morgan fingerprint density at radius 2 is 1.86 bits per heavy atom.